The van der Waals surface area contributed by atoms with E-state index < -0.39 is 0 Å². The molecule has 0 N–H and O–H groups in total. The number of rotatable bonds is 0. The summed E-state index contributed by atoms with van der Waals surface area (Å²) in [6.45, 7) is 10.3. The molecule has 0 saturated carbocycles. The quantitative estimate of drug-likeness (QED) is 0.657. The van der Waals surface area contributed by atoms with Crippen LogP contribution in [0.15, 0.2) is 0 Å². The third kappa shape index (κ3) is 2.07. The molecule has 18 heavy (non-hydrogen) atoms. The highest BCUT2D eigenvalue weighted by Gasteiger charge is 2.45. The average Bonchev–Trinajstić information content (AvgIpc) is 2.29. The van der Waals surface area contributed by atoms with Crippen LogP contribution in [0.2, 0.25) is 0 Å². The Kier molecular flexibility index (Phi) is 2.92. The fourth-order valence-electron chi connectivity index (χ4n) is 4.16. The molecule has 3 fully saturated rings. The van der Waals surface area contributed by atoms with E-state index in [9.17, 15) is 4.79 Å². The molecule has 2 bridgehead atoms. The van der Waals surface area contributed by atoms with Crippen LogP contribution in [0, 0.1) is 11.8 Å². The van der Waals surface area contributed by atoms with Crippen LogP contribution in [-0.2, 0) is 4.79 Å². The number of likely N-dealkylation sites (tertiary alicyclic amines) is 1. The lowest BCUT2D eigenvalue weighted by molar-refractivity contribution is -0.146. The average molecular weight is 250 g/mol. The molecule has 3 heterocycles. The van der Waals surface area contributed by atoms with Gasteiger partial charge in [-0.3, -0.25) is 9.69 Å². The van der Waals surface area contributed by atoms with Crippen LogP contribution in [0.25, 0.3) is 0 Å². The molecule has 3 aliphatic rings. The summed E-state index contributed by atoms with van der Waals surface area (Å²) in [5, 5.41) is 0. The minimum absolute atomic E-state index is 0.276. The Morgan fingerprint density at radius 2 is 1.94 bits per heavy atom. The first-order valence-electron chi connectivity index (χ1n) is 7.49. The van der Waals surface area contributed by atoms with E-state index in [1.807, 2.05) is 0 Å². The van der Waals surface area contributed by atoms with Crippen molar-refractivity contribution >= 4 is 5.91 Å². The van der Waals surface area contributed by atoms with Gasteiger partial charge in [0.15, 0.2) is 0 Å². The molecule has 3 aliphatic heterocycles. The third-order valence-corrected chi connectivity index (χ3v) is 5.13. The van der Waals surface area contributed by atoms with Gasteiger partial charge in [-0.25, -0.2) is 0 Å². The maximum Gasteiger partial charge on any atom is 0.222 e. The lowest BCUT2D eigenvalue weighted by atomic mass is 9.75. The second kappa shape index (κ2) is 4.22. The lowest BCUT2D eigenvalue weighted by Crippen LogP contribution is -2.62. The van der Waals surface area contributed by atoms with Gasteiger partial charge in [-0.2, -0.15) is 0 Å². The third-order valence-electron chi connectivity index (χ3n) is 5.13. The van der Waals surface area contributed by atoms with Gasteiger partial charge in [0.1, 0.15) is 0 Å². The number of hydrogen-bond acceptors (Lipinski definition) is 2. The molecule has 3 heteroatoms. The molecule has 102 valence electrons. The Balaban J connectivity index is 1.78. The minimum atomic E-state index is 0.276. The monoisotopic (exact) mass is 250 g/mol. The summed E-state index contributed by atoms with van der Waals surface area (Å²) in [7, 11) is 0. The lowest BCUT2D eigenvalue weighted by Gasteiger charge is -2.55. The highest BCUT2D eigenvalue weighted by Crippen LogP contribution is 2.39. The summed E-state index contributed by atoms with van der Waals surface area (Å²) in [6, 6.07) is 0.549. The van der Waals surface area contributed by atoms with E-state index in [-0.39, 0.29) is 5.54 Å². The molecule has 3 saturated heterocycles. The maximum atomic E-state index is 12.1. The van der Waals surface area contributed by atoms with Gasteiger partial charge in [-0.05, 0) is 51.9 Å². The van der Waals surface area contributed by atoms with Crippen molar-refractivity contribution < 1.29 is 4.79 Å². The fourth-order valence-corrected chi connectivity index (χ4v) is 4.16. The fraction of sp³-hybridized carbons (Fsp3) is 0.933. The SMILES string of the molecule is CC(C)(C)N1CC2CC(C1)[C@@H]1CCCC(=O)N1C2. The van der Waals surface area contributed by atoms with Crippen LogP contribution in [0.1, 0.15) is 46.5 Å². The van der Waals surface area contributed by atoms with Crippen LogP contribution in [0.4, 0.5) is 0 Å². The van der Waals surface area contributed by atoms with E-state index >= 15 is 0 Å². The van der Waals surface area contributed by atoms with Crippen molar-refractivity contribution in [3.05, 3.63) is 0 Å². The van der Waals surface area contributed by atoms with Crippen molar-refractivity contribution in [2.24, 2.45) is 11.8 Å². The first-order valence-corrected chi connectivity index (χ1v) is 7.49. The zero-order valence-electron chi connectivity index (χ0n) is 12.0. The van der Waals surface area contributed by atoms with E-state index in [1.54, 1.807) is 0 Å². The number of nitrogens with zero attached hydrogens (tertiary/aromatic N) is 2. The van der Waals surface area contributed by atoms with Crippen LogP contribution >= 0.6 is 0 Å². The van der Waals surface area contributed by atoms with Gasteiger partial charge in [0, 0.05) is 37.6 Å². The van der Waals surface area contributed by atoms with Crippen LogP contribution in [-0.4, -0.2) is 46.9 Å². The molecule has 2 unspecified atom stereocenters. The number of carbonyl (C=O) groups is 1. The van der Waals surface area contributed by atoms with E-state index in [2.05, 4.69) is 30.6 Å². The Morgan fingerprint density at radius 1 is 1.17 bits per heavy atom. The van der Waals surface area contributed by atoms with Crippen molar-refractivity contribution in [2.75, 3.05) is 19.6 Å². The molecule has 0 radical (unpaired) electrons. The van der Waals surface area contributed by atoms with E-state index in [4.69, 9.17) is 0 Å². The highest BCUT2D eigenvalue weighted by molar-refractivity contribution is 5.77. The van der Waals surface area contributed by atoms with Crippen molar-refractivity contribution in [1.29, 1.82) is 0 Å². The molecular weight excluding hydrogens is 224 g/mol. The summed E-state index contributed by atoms with van der Waals surface area (Å²) in [4.78, 5) is 16.9. The molecule has 0 aliphatic carbocycles. The second-order valence-electron chi connectivity index (χ2n) is 7.44. The Labute approximate surface area is 111 Å². The summed E-state index contributed by atoms with van der Waals surface area (Å²) >= 11 is 0. The Hall–Kier alpha value is -0.570. The minimum Gasteiger partial charge on any atom is -0.339 e. The maximum absolute atomic E-state index is 12.1. The van der Waals surface area contributed by atoms with Crippen molar-refractivity contribution in [2.45, 2.75) is 58.0 Å². The molecule has 0 aromatic rings. The molecule has 0 aromatic heterocycles. The summed E-state index contributed by atoms with van der Waals surface area (Å²) < 4.78 is 0. The number of hydrogen-bond donors (Lipinski definition) is 0. The normalized spacial score (nSPS) is 37.6. The van der Waals surface area contributed by atoms with Crippen molar-refractivity contribution in [1.82, 2.24) is 9.80 Å². The largest absolute Gasteiger partial charge is 0.339 e. The zero-order chi connectivity index (χ0) is 12.9. The van der Waals surface area contributed by atoms with E-state index in [0.29, 0.717) is 17.9 Å². The topological polar surface area (TPSA) is 23.6 Å². The Morgan fingerprint density at radius 3 is 2.67 bits per heavy atom. The van der Waals surface area contributed by atoms with Gasteiger partial charge < -0.3 is 4.90 Å². The van der Waals surface area contributed by atoms with Crippen LogP contribution in [0.3, 0.4) is 0 Å². The molecule has 0 spiro atoms. The van der Waals surface area contributed by atoms with Gasteiger partial charge >= 0.3 is 0 Å². The van der Waals surface area contributed by atoms with Crippen LogP contribution < -0.4 is 0 Å². The van der Waals surface area contributed by atoms with E-state index in [1.165, 1.54) is 25.9 Å². The first kappa shape index (κ1) is 12.5. The standard InChI is InChI=1S/C15H26N2O/c1-15(2,3)16-8-11-7-12(10-16)13-5-4-6-14(18)17(13)9-11/h11-13H,4-10H2,1-3H3/t11?,12?,13-/m0/s1. The van der Waals surface area contributed by atoms with Crippen molar-refractivity contribution in [3.8, 4) is 0 Å². The Bertz CT molecular complexity index is 347. The predicted molar refractivity (Wildman–Crippen MR) is 72.3 cm³/mol. The number of amides is 1. The van der Waals surface area contributed by atoms with Gasteiger partial charge in [-0.1, -0.05) is 0 Å². The molecule has 1 amide bonds. The van der Waals surface area contributed by atoms with Crippen molar-refractivity contribution in [3.63, 3.8) is 0 Å². The molecule has 3 nitrogen and oxygen atoms in total. The molecule has 0 aromatic carbocycles. The first-order chi connectivity index (χ1) is 8.45. The predicted octanol–water partition coefficient (Wildman–Crippen LogP) is 2.12. The molecular formula is C15H26N2O. The summed E-state index contributed by atoms with van der Waals surface area (Å²) in [6.07, 6.45) is 4.48. The molecule has 3 rings (SSSR count). The zero-order valence-corrected chi connectivity index (χ0v) is 12.0. The highest BCUT2D eigenvalue weighted by atomic mass is 16.2. The number of piperidine rings is 3. The second-order valence-corrected chi connectivity index (χ2v) is 7.44. The summed E-state index contributed by atoms with van der Waals surface area (Å²) in [5.41, 5.74) is 0.276. The molecule has 3 atom stereocenters. The van der Waals surface area contributed by atoms with E-state index in [0.717, 1.165) is 25.3 Å². The number of fused-ring (bicyclic) bond motifs is 4. The van der Waals surface area contributed by atoms with Gasteiger partial charge in [0.25, 0.3) is 0 Å². The number of carbonyl (C=O) groups excluding carboxylic acids is 1. The summed E-state index contributed by atoms with van der Waals surface area (Å²) in [5.74, 6) is 1.85. The van der Waals surface area contributed by atoms with Gasteiger partial charge in [0.2, 0.25) is 5.91 Å². The smallest absolute Gasteiger partial charge is 0.222 e. The van der Waals surface area contributed by atoms with Gasteiger partial charge in [-0.15, -0.1) is 0 Å². The van der Waals surface area contributed by atoms with Gasteiger partial charge in [0.05, 0.1) is 0 Å². The van der Waals surface area contributed by atoms with Crippen LogP contribution in [0.5, 0.6) is 0 Å².